The first-order valence-corrected chi connectivity index (χ1v) is 16.7. The maximum absolute atomic E-state index is 6.94. The van der Waals surface area contributed by atoms with Gasteiger partial charge in [0.05, 0.1) is 11.4 Å². The smallest absolute Gasteiger partial charge is 0.159 e. The zero-order valence-electron chi connectivity index (χ0n) is 25.2. The second kappa shape index (κ2) is 11.4. The van der Waals surface area contributed by atoms with E-state index in [2.05, 4.69) is 155 Å². The molecule has 0 aliphatic rings. The highest BCUT2D eigenvalue weighted by atomic mass is 35.5. The second-order valence-corrected chi connectivity index (χ2v) is 13.0. The van der Waals surface area contributed by atoms with Crippen LogP contribution in [0, 0.1) is 0 Å². The third-order valence-corrected chi connectivity index (χ3v) is 10.0. The van der Waals surface area contributed by atoms with Gasteiger partial charge in [0.15, 0.2) is 5.58 Å². The molecule has 9 aromatic rings. The maximum Gasteiger partial charge on any atom is 0.159 e. The molecule has 2 heterocycles. The van der Waals surface area contributed by atoms with Gasteiger partial charge >= 0.3 is 0 Å². The number of halogens is 1. The van der Waals surface area contributed by atoms with Crippen molar-refractivity contribution in [1.82, 2.24) is 0 Å². The van der Waals surface area contributed by atoms with Gasteiger partial charge in [0.25, 0.3) is 0 Å². The van der Waals surface area contributed by atoms with Crippen molar-refractivity contribution in [1.29, 1.82) is 0 Å². The van der Waals surface area contributed by atoms with Crippen LogP contribution in [0.2, 0.25) is 5.02 Å². The Morgan fingerprint density at radius 1 is 0.447 bits per heavy atom. The van der Waals surface area contributed by atoms with E-state index in [1.807, 2.05) is 18.2 Å². The molecule has 0 atom stereocenters. The van der Waals surface area contributed by atoms with Crippen LogP contribution in [0.4, 0.5) is 34.1 Å². The van der Waals surface area contributed by atoms with Crippen LogP contribution in [0.25, 0.3) is 42.1 Å². The van der Waals surface area contributed by atoms with Crippen LogP contribution in [0.3, 0.4) is 0 Å². The maximum atomic E-state index is 6.94. The predicted molar refractivity (Wildman–Crippen MR) is 201 cm³/mol. The standard InChI is InChI=1S/C42H27ClN2OS/c43-28-25-37(45(31-17-8-3-9-18-31)36-21-12-20-34-33-19-10-11-22-38(33)46-42(34)36)41-35-27-32(23-24-39(35)47-40(41)26-28)44(29-13-4-1-5-14-29)30-15-6-2-7-16-30/h1-27H. The average Bonchev–Trinajstić information content (AvgIpc) is 3.68. The lowest BCUT2D eigenvalue weighted by Gasteiger charge is -2.27. The van der Waals surface area contributed by atoms with Crippen molar-refractivity contribution in [3.8, 4) is 0 Å². The van der Waals surface area contributed by atoms with Gasteiger partial charge in [-0.05, 0) is 78.9 Å². The topological polar surface area (TPSA) is 19.6 Å². The minimum atomic E-state index is 0.687. The molecule has 0 bridgehead atoms. The molecule has 0 saturated heterocycles. The molecule has 47 heavy (non-hydrogen) atoms. The number of nitrogens with zero attached hydrogens (tertiary/aromatic N) is 2. The van der Waals surface area contributed by atoms with E-state index in [1.165, 1.54) is 10.1 Å². The normalized spacial score (nSPS) is 11.5. The summed E-state index contributed by atoms with van der Waals surface area (Å²) < 4.78 is 8.91. The van der Waals surface area contributed by atoms with E-state index in [0.717, 1.165) is 66.1 Å². The van der Waals surface area contributed by atoms with Gasteiger partial charge in [0, 0.05) is 58.7 Å². The number of benzene rings is 7. The Balaban J connectivity index is 1.33. The Morgan fingerprint density at radius 2 is 1.06 bits per heavy atom. The number of hydrogen-bond donors (Lipinski definition) is 0. The minimum Gasteiger partial charge on any atom is -0.454 e. The van der Waals surface area contributed by atoms with Gasteiger partial charge in [0.1, 0.15) is 5.58 Å². The van der Waals surface area contributed by atoms with Gasteiger partial charge in [-0.25, -0.2) is 0 Å². The molecule has 0 N–H and O–H groups in total. The van der Waals surface area contributed by atoms with Crippen LogP contribution in [-0.4, -0.2) is 0 Å². The Labute approximate surface area is 281 Å². The molecule has 0 amide bonds. The van der Waals surface area contributed by atoms with Gasteiger partial charge in [-0.1, -0.05) is 96.5 Å². The third-order valence-electron chi connectivity index (χ3n) is 8.67. The molecule has 0 aliphatic carbocycles. The number of fused-ring (bicyclic) bond motifs is 6. The summed E-state index contributed by atoms with van der Waals surface area (Å²) in [7, 11) is 0. The zero-order valence-corrected chi connectivity index (χ0v) is 26.7. The lowest BCUT2D eigenvalue weighted by Crippen LogP contribution is -2.11. The Hall–Kier alpha value is -5.55. The van der Waals surface area contributed by atoms with Crippen molar-refractivity contribution in [2.45, 2.75) is 0 Å². The van der Waals surface area contributed by atoms with Crippen molar-refractivity contribution >= 4 is 99.2 Å². The van der Waals surface area contributed by atoms with Gasteiger partial charge in [-0.3, -0.25) is 0 Å². The lowest BCUT2D eigenvalue weighted by atomic mass is 10.1. The Kier molecular flexibility index (Phi) is 6.70. The summed E-state index contributed by atoms with van der Waals surface area (Å²) in [5.74, 6) is 0. The van der Waals surface area contributed by atoms with E-state index in [-0.39, 0.29) is 0 Å². The Morgan fingerprint density at radius 3 is 1.77 bits per heavy atom. The number of rotatable bonds is 6. The quantitative estimate of drug-likeness (QED) is 0.180. The summed E-state index contributed by atoms with van der Waals surface area (Å²) in [6, 6.07) is 57.1. The molecule has 7 aromatic carbocycles. The van der Waals surface area contributed by atoms with Crippen LogP contribution in [0.5, 0.6) is 0 Å². The van der Waals surface area contributed by atoms with E-state index in [9.17, 15) is 0 Å². The van der Waals surface area contributed by atoms with Crippen molar-refractivity contribution in [2.75, 3.05) is 9.80 Å². The molecule has 224 valence electrons. The highest BCUT2D eigenvalue weighted by Crippen LogP contribution is 2.49. The average molecular weight is 643 g/mol. The molecule has 0 radical (unpaired) electrons. The minimum absolute atomic E-state index is 0.687. The molecule has 2 aromatic heterocycles. The van der Waals surface area contributed by atoms with Crippen molar-refractivity contribution in [3.05, 3.63) is 169 Å². The van der Waals surface area contributed by atoms with Gasteiger partial charge < -0.3 is 14.2 Å². The van der Waals surface area contributed by atoms with Crippen LogP contribution >= 0.6 is 22.9 Å². The number of hydrogen-bond acceptors (Lipinski definition) is 4. The molecule has 9 rings (SSSR count). The molecule has 0 fully saturated rings. The molecule has 3 nitrogen and oxygen atoms in total. The highest BCUT2D eigenvalue weighted by molar-refractivity contribution is 7.26. The Bertz CT molecular complexity index is 2500. The van der Waals surface area contributed by atoms with Crippen molar-refractivity contribution in [3.63, 3.8) is 0 Å². The molecular formula is C42H27ClN2OS. The first-order valence-electron chi connectivity index (χ1n) is 15.5. The molecule has 0 unspecified atom stereocenters. The van der Waals surface area contributed by atoms with Crippen LogP contribution in [-0.2, 0) is 0 Å². The first-order chi connectivity index (χ1) is 23.2. The predicted octanol–water partition coefficient (Wildman–Crippen LogP) is 13.5. The fourth-order valence-corrected chi connectivity index (χ4v) is 8.07. The molecular weight excluding hydrogens is 616 g/mol. The van der Waals surface area contributed by atoms with E-state index < -0.39 is 0 Å². The van der Waals surface area contributed by atoms with E-state index in [0.29, 0.717) is 5.02 Å². The fraction of sp³-hybridized carbons (Fsp3) is 0. The first kappa shape index (κ1) is 27.7. The summed E-state index contributed by atoms with van der Waals surface area (Å²) >= 11 is 8.71. The summed E-state index contributed by atoms with van der Waals surface area (Å²) in [6.07, 6.45) is 0. The van der Waals surface area contributed by atoms with E-state index in [4.69, 9.17) is 16.0 Å². The number of furan rings is 1. The van der Waals surface area contributed by atoms with Crippen molar-refractivity contribution in [2.24, 2.45) is 0 Å². The molecule has 0 saturated carbocycles. The third kappa shape index (κ3) is 4.73. The lowest BCUT2D eigenvalue weighted by molar-refractivity contribution is 0.669. The molecule has 0 aliphatic heterocycles. The SMILES string of the molecule is Clc1cc(N(c2ccccc2)c2cccc3c2oc2ccccc23)c2c(c1)sc1ccc(N(c3ccccc3)c3ccccc3)cc12. The van der Waals surface area contributed by atoms with Crippen LogP contribution in [0.15, 0.2) is 168 Å². The van der Waals surface area contributed by atoms with Gasteiger partial charge in [-0.15, -0.1) is 11.3 Å². The van der Waals surface area contributed by atoms with Crippen molar-refractivity contribution < 1.29 is 4.42 Å². The molecule has 0 spiro atoms. The number of thiophene rings is 1. The molecule has 5 heteroatoms. The van der Waals surface area contributed by atoms with Crippen LogP contribution in [0.1, 0.15) is 0 Å². The monoisotopic (exact) mass is 642 g/mol. The van der Waals surface area contributed by atoms with E-state index in [1.54, 1.807) is 11.3 Å². The summed E-state index contributed by atoms with van der Waals surface area (Å²) in [5, 5.41) is 5.18. The largest absolute Gasteiger partial charge is 0.454 e. The fourth-order valence-electron chi connectivity index (χ4n) is 6.65. The second-order valence-electron chi connectivity index (χ2n) is 11.5. The van der Waals surface area contributed by atoms with Crippen LogP contribution < -0.4 is 9.80 Å². The summed E-state index contributed by atoms with van der Waals surface area (Å²) in [4.78, 5) is 4.60. The highest BCUT2D eigenvalue weighted by Gasteiger charge is 2.24. The zero-order chi connectivity index (χ0) is 31.3. The number of para-hydroxylation sites is 5. The number of anilines is 6. The summed E-state index contributed by atoms with van der Waals surface area (Å²) in [6.45, 7) is 0. The van der Waals surface area contributed by atoms with E-state index >= 15 is 0 Å². The summed E-state index contributed by atoms with van der Waals surface area (Å²) in [5.41, 5.74) is 7.97. The van der Waals surface area contributed by atoms with Gasteiger partial charge in [-0.2, -0.15) is 0 Å². The van der Waals surface area contributed by atoms with Gasteiger partial charge in [0.2, 0.25) is 0 Å².